The Morgan fingerprint density at radius 3 is 2.39 bits per heavy atom. The molecule has 3 heterocycles. The molecule has 0 bridgehead atoms. The van der Waals surface area contributed by atoms with Crippen molar-refractivity contribution in [2.24, 2.45) is 23.7 Å². The van der Waals surface area contributed by atoms with Gasteiger partial charge in [-0.05, 0) is 69.1 Å². The Labute approximate surface area is 224 Å². The predicted octanol–water partition coefficient (Wildman–Crippen LogP) is 5.38. The number of aromatic nitrogens is 4. The van der Waals surface area contributed by atoms with E-state index in [4.69, 9.17) is 20.1 Å². The Morgan fingerprint density at radius 2 is 1.76 bits per heavy atom. The predicted molar refractivity (Wildman–Crippen MR) is 147 cm³/mol. The molecule has 1 aliphatic heterocycles. The highest BCUT2D eigenvalue weighted by molar-refractivity contribution is 6.03. The highest BCUT2D eigenvalue weighted by atomic mass is 16.5. The molecule has 2 aromatic rings. The van der Waals surface area contributed by atoms with Crippen molar-refractivity contribution in [2.45, 2.75) is 97.1 Å². The molecule has 1 unspecified atom stereocenters. The lowest BCUT2D eigenvalue weighted by atomic mass is 9.80. The van der Waals surface area contributed by atoms with Crippen LogP contribution in [-0.4, -0.2) is 55.8 Å². The summed E-state index contributed by atoms with van der Waals surface area (Å²) < 4.78 is 8.01. The summed E-state index contributed by atoms with van der Waals surface area (Å²) in [4.78, 5) is 25.7. The number of carboxylic acid groups (broad SMARTS) is 1. The number of nitrogens with zero attached hydrogens (tertiary/aromatic N) is 4. The Bertz CT molecular complexity index is 1150. The fourth-order valence-electron chi connectivity index (χ4n) is 6.43. The van der Waals surface area contributed by atoms with Gasteiger partial charge in [0.15, 0.2) is 23.1 Å². The second kappa shape index (κ2) is 11.6. The zero-order valence-corrected chi connectivity index (χ0v) is 23.0. The second-order valence-electron chi connectivity index (χ2n) is 11.9. The number of imidazole rings is 1. The summed E-state index contributed by atoms with van der Waals surface area (Å²) in [7, 11) is 0. The van der Waals surface area contributed by atoms with E-state index in [0.29, 0.717) is 29.2 Å². The minimum atomic E-state index is -1.30. The van der Waals surface area contributed by atoms with Crippen LogP contribution in [0.15, 0.2) is 0 Å². The van der Waals surface area contributed by atoms with Crippen molar-refractivity contribution in [2.75, 3.05) is 18.5 Å². The van der Waals surface area contributed by atoms with E-state index in [1.54, 1.807) is 0 Å². The van der Waals surface area contributed by atoms with Crippen LogP contribution in [0.4, 0.5) is 10.6 Å². The first-order chi connectivity index (χ1) is 18.3. The lowest BCUT2D eigenvalue weighted by Crippen LogP contribution is -2.33. The van der Waals surface area contributed by atoms with Gasteiger partial charge >= 0.3 is 6.09 Å². The SMILES string of the molecule is CC1CCC(Cn2c(C(C)C3CCOCC3)nc3nc(C(=N)NC(=O)O)nc(N[C@H](C)C4CCC4)c32)CC1. The average molecular weight is 526 g/mol. The maximum atomic E-state index is 11.3. The largest absolute Gasteiger partial charge is 0.465 e. The molecule has 2 saturated carbocycles. The molecular formula is C28H43N7O3. The molecule has 38 heavy (non-hydrogen) atoms. The van der Waals surface area contributed by atoms with Gasteiger partial charge in [-0.1, -0.05) is 33.1 Å². The summed E-state index contributed by atoms with van der Waals surface area (Å²) in [6, 6.07) is 0.214. The highest BCUT2D eigenvalue weighted by Gasteiger charge is 2.32. The topological polar surface area (TPSA) is 138 Å². The zero-order valence-electron chi connectivity index (χ0n) is 23.0. The number of ether oxygens (including phenoxy) is 1. The zero-order chi connectivity index (χ0) is 26.8. The number of carbonyl (C=O) groups is 1. The number of hydrogen-bond acceptors (Lipinski definition) is 7. The van der Waals surface area contributed by atoms with Gasteiger partial charge < -0.3 is 19.7 Å². The lowest BCUT2D eigenvalue weighted by molar-refractivity contribution is 0.0583. The van der Waals surface area contributed by atoms with Crippen LogP contribution in [0.25, 0.3) is 11.2 Å². The first-order valence-corrected chi connectivity index (χ1v) is 14.5. The normalized spacial score (nSPS) is 24.5. The first kappa shape index (κ1) is 26.8. The van der Waals surface area contributed by atoms with Gasteiger partial charge in [-0.3, -0.25) is 10.7 Å². The molecule has 2 atom stereocenters. The van der Waals surface area contributed by atoms with Gasteiger partial charge in [-0.15, -0.1) is 0 Å². The number of hydrogen-bond donors (Lipinski definition) is 4. The molecule has 0 aromatic carbocycles. The van der Waals surface area contributed by atoms with Crippen LogP contribution in [0.1, 0.15) is 96.1 Å². The van der Waals surface area contributed by atoms with E-state index in [1.165, 1.54) is 44.9 Å². The highest BCUT2D eigenvalue weighted by Crippen LogP contribution is 2.38. The molecule has 5 rings (SSSR count). The first-order valence-electron chi connectivity index (χ1n) is 14.5. The molecule has 1 saturated heterocycles. The summed E-state index contributed by atoms with van der Waals surface area (Å²) in [5, 5.41) is 23.2. The fraction of sp³-hybridized carbons (Fsp3) is 0.750. The van der Waals surface area contributed by atoms with Crippen LogP contribution >= 0.6 is 0 Å². The van der Waals surface area contributed by atoms with Gasteiger partial charge in [0, 0.05) is 31.7 Å². The Hall–Kier alpha value is -2.75. The van der Waals surface area contributed by atoms with E-state index in [0.717, 1.165) is 49.9 Å². The minimum Gasteiger partial charge on any atom is -0.465 e. The molecule has 2 aromatic heterocycles. The van der Waals surface area contributed by atoms with Gasteiger partial charge in [0.1, 0.15) is 11.3 Å². The Kier molecular flexibility index (Phi) is 8.16. The van der Waals surface area contributed by atoms with Crippen molar-refractivity contribution in [3.63, 3.8) is 0 Å². The van der Waals surface area contributed by atoms with Crippen LogP contribution in [0.2, 0.25) is 0 Å². The standard InChI is InChI=1S/C28H43N7O3/c1-16-7-9-19(10-8-16)15-35-22-24(30-18(3)21-5-4-6-21)32-26(23(29)31-28(36)37)33-25(22)34-27(35)17(2)20-11-13-38-14-12-20/h16-21H,4-15H2,1-3H3,(H2,29,31)(H,36,37)(H,30,32,33)/t16?,17?,18-,19?/m1/s1. The summed E-state index contributed by atoms with van der Waals surface area (Å²) in [5.74, 6) is 4.04. The van der Waals surface area contributed by atoms with E-state index in [-0.39, 0.29) is 23.6 Å². The molecule has 0 radical (unpaired) electrons. The fourth-order valence-corrected chi connectivity index (χ4v) is 6.43. The minimum absolute atomic E-state index is 0.0459. The maximum Gasteiger partial charge on any atom is 0.410 e. The number of amides is 1. The van der Waals surface area contributed by atoms with Crippen molar-refractivity contribution in [3.8, 4) is 0 Å². The van der Waals surface area contributed by atoms with E-state index in [2.05, 4.69) is 41.0 Å². The number of amidine groups is 1. The van der Waals surface area contributed by atoms with Crippen LogP contribution in [0, 0.1) is 29.1 Å². The van der Waals surface area contributed by atoms with Crippen molar-refractivity contribution >= 4 is 28.9 Å². The van der Waals surface area contributed by atoms with Crippen molar-refractivity contribution in [3.05, 3.63) is 11.6 Å². The van der Waals surface area contributed by atoms with Gasteiger partial charge in [0.25, 0.3) is 0 Å². The number of rotatable bonds is 8. The van der Waals surface area contributed by atoms with E-state index in [1.807, 2.05) is 0 Å². The van der Waals surface area contributed by atoms with E-state index >= 15 is 0 Å². The van der Waals surface area contributed by atoms with Crippen LogP contribution in [-0.2, 0) is 11.3 Å². The lowest BCUT2D eigenvalue weighted by Gasteiger charge is -2.33. The number of fused-ring (bicyclic) bond motifs is 1. The third-order valence-corrected chi connectivity index (χ3v) is 9.27. The van der Waals surface area contributed by atoms with E-state index < -0.39 is 6.09 Å². The molecule has 0 spiro atoms. The third-order valence-electron chi connectivity index (χ3n) is 9.27. The van der Waals surface area contributed by atoms with Gasteiger partial charge in [0.05, 0.1) is 0 Å². The number of nitrogens with one attached hydrogen (secondary N) is 3. The van der Waals surface area contributed by atoms with Crippen LogP contribution in [0.3, 0.4) is 0 Å². The third kappa shape index (κ3) is 5.80. The van der Waals surface area contributed by atoms with E-state index in [9.17, 15) is 9.90 Å². The maximum absolute atomic E-state index is 11.3. The molecule has 3 fully saturated rings. The Balaban J connectivity index is 1.59. The monoisotopic (exact) mass is 525 g/mol. The van der Waals surface area contributed by atoms with Crippen LogP contribution < -0.4 is 10.6 Å². The molecule has 4 N–H and O–H groups in total. The molecule has 2 aliphatic carbocycles. The molecule has 10 nitrogen and oxygen atoms in total. The summed E-state index contributed by atoms with van der Waals surface area (Å²) in [6.45, 7) is 9.25. The molecule has 10 heteroatoms. The molecule has 3 aliphatic rings. The number of anilines is 1. The van der Waals surface area contributed by atoms with Crippen LogP contribution in [0.5, 0.6) is 0 Å². The van der Waals surface area contributed by atoms with Gasteiger partial charge in [0.2, 0.25) is 0 Å². The summed E-state index contributed by atoms with van der Waals surface area (Å²) >= 11 is 0. The van der Waals surface area contributed by atoms with Crippen molar-refractivity contribution < 1.29 is 14.6 Å². The quantitative estimate of drug-likeness (QED) is 0.268. The van der Waals surface area contributed by atoms with Crippen molar-refractivity contribution in [1.29, 1.82) is 5.41 Å². The van der Waals surface area contributed by atoms with Gasteiger partial charge in [-0.2, -0.15) is 0 Å². The molecular weight excluding hydrogens is 482 g/mol. The Morgan fingerprint density at radius 1 is 1.05 bits per heavy atom. The molecule has 1 amide bonds. The average Bonchev–Trinajstić information content (AvgIpc) is 3.22. The summed E-state index contributed by atoms with van der Waals surface area (Å²) in [6.07, 6.45) is 9.28. The summed E-state index contributed by atoms with van der Waals surface area (Å²) in [5.41, 5.74) is 1.42. The van der Waals surface area contributed by atoms with Crippen molar-refractivity contribution in [1.82, 2.24) is 24.8 Å². The van der Waals surface area contributed by atoms with Gasteiger partial charge in [-0.25, -0.2) is 19.7 Å². The molecule has 208 valence electrons. The second-order valence-corrected chi connectivity index (χ2v) is 11.9. The smallest absolute Gasteiger partial charge is 0.410 e.